The van der Waals surface area contributed by atoms with E-state index >= 15 is 0 Å². The van der Waals surface area contributed by atoms with Crippen molar-refractivity contribution >= 4 is 34.5 Å². The van der Waals surface area contributed by atoms with Gasteiger partial charge in [0.25, 0.3) is 0 Å². The molecular formula is C4H3ClIN. The second-order valence-corrected chi connectivity index (χ2v) is 2.57. The van der Waals surface area contributed by atoms with Gasteiger partial charge in [-0.05, 0) is 12.1 Å². The molecule has 0 bridgehead atoms. The smallest absolute Gasteiger partial charge is 0.117 e. The Hall–Kier alpha value is 0.300. The first-order valence-electron chi connectivity index (χ1n) is 1.80. The predicted molar refractivity (Wildman–Crippen MR) is 38.9 cm³/mol. The zero-order chi connectivity index (χ0) is 5.28. The average molecular weight is 227 g/mol. The minimum Gasteiger partial charge on any atom is -0.280 e. The van der Waals surface area contributed by atoms with Gasteiger partial charge in [0.1, 0.15) is 5.15 Å². The lowest BCUT2D eigenvalue weighted by atomic mass is 10.7. The van der Waals surface area contributed by atoms with Gasteiger partial charge in [-0.2, -0.15) is 0 Å². The minimum atomic E-state index is 0.764. The molecule has 1 nitrogen and oxygen atoms in total. The number of aromatic nitrogens is 1. The average Bonchev–Trinajstić information content (AvgIpc) is 1.91. The molecule has 0 saturated carbocycles. The van der Waals surface area contributed by atoms with Crippen LogP contribution in [0.2, 0.25) is 5.15 Å². The molecule has 0 unspecified atom stereocenters. The van der Waals surface area contributed by atoms with E-state index in [9.17, 15) is 0 Å². The fourth-order valence-electron chi connectivity index (χ4n) is 0.340. The Morgan fingerprint density at radius 2 is 2.43 bits per heavy atom. The number of halogens is 2. The third kappa shape index (κ3) is 1.10. The van der Waals surface area contributed by atoms with Crippen molar-refractivity contribution in [3.63, 3.8) is 0 Å². The third-order valence-electron chi connectivity index (χ3n) is 0.655. The van der Waals surface area contributed by atoms with Gasteiger partial charge >= 0.3 is 0 Å². The van der Waals surface area contributed by atoms with Crippen molar-refractivity contribution in [2.24, 2.45) is 0 Å². The summed E-state index contributed by atoms with van der Waals surface area (Å²) in [5.41, 5.74) is 0. The molecule has 38 valence electrons. The van der Waals surface area contributed by atoms with E-state index in [0.717, 1.165) is 5.15 Å². The molecule has 0 amide bonds. The summed E-state index contributed by atoms with van der Waals surface area (Å²) >= 11 is 7.68. The van der Waals surface area contributed by atoms with Gasteiger partial charge in [-0.25, -0.2) is 0 Å². The summed E-state index contributed by atoms with van der Waals surface area (Å²) in [5, 5.41) is 0.764. The fourth-order valence-corrected chi connectivity index (χ4v) is 0.816. The molecule has 7 heavy (non-hydrogen) atoms. The molecule has 0 fully saturated rings. The molecule has 0 radical (unpaired) electrons. The Bertz CT molecular complexity index is 144. The summed E-state index contributed by atoms with van der Waals surface area (Å²) in [7, 11) is 0. The Morgan fingerprint density at radius 3 is 2.57 bits per heavy atom. The summed E-state index contributed by atoms with van der Waals surface area (Å²) in [6, 6.07) is 3.74. The van der Waals surface area contributed by atoms with Crippen LogP contribution in [-0.4, -0.2) is 2.78 Å². The lowest BCUT2D eigenvalue weighted by Crippen LogP contribution is -1.67. The maximum Gasteiger partial charge on any atom is 0.117 e. The monoisotopic (exact) mass is 227 g/mol. The van der Waals surface area contributed by atoms with Gasteiger partial charge in [0.2, 0.25) is 0 Å². The maximum absolute atomic E-state index is 5.58. The van der Waals surface area contributed by atoms with Gasteiger partial charge in [-0.1, -0.05) is 11.6 Å². The zero-order valence-corrected chi connectivity index (χ0v) is 6.35. The summed E-state index contributed by atoms with van der Waals surface area (Å²) in [6.07, 6.45) is 1.89. The lowest BCUT2D eigenvalue weighted by Gasteiger charge is -1.83. The van der Waals surface area contributed by atoms with Crippen molar-refractivity contribution < 1.29 is 0 Å². The first kappa shape index (κ1) is 5.44. The van der Waals surface area contributed by atoms with Crippen molar-refractivity contribution in [3.05, 3.63) is 23.5 Å². The largest absolute Gasteiger partial charge is 0.280 e. The minimum absolute atomic E-state index is 0.764. The highest BCUT2D eigenvalue weighted by atomic mass is 127. The number of hydrogen-bond acceptors (Lipinski definition) is 0. The highest BCUT2D eigenvalue weighted by Gasteiger charge is 1.86. The molecule has 1 aromatic rings. The molecule has 0 aliphatic heterocycles. The summed E-state index contributed by atoms with van der Waals surface area (Å²) in [5.74, 6) is 0. The van der Waals surface area contributed by atoms with Gasteiger partial charge in [0.05, 0.1) is 22.9 Å². The molecule has 0 aliphatic carbocycles. The summed E-state index contributed by atoms with van der Waals surface area (Å²) in [6.45, 7) is 0. The molecule has 0 N–H and O–H groups in total. The standard InChI is InChI=1S/C4H3ClIN/c5-4-2-1-3-7(4)6/h1-3H. The lowest BCUT2D eigenvalue weighted by molar-refractivity contribution is 1.36. The van der Waals surface area contributed by atoms with Crippen LogP contribution in [-0.2, 0) is 0 Å². The van der Waals surface area contributed by atoms with E-state index < -0.39 is 0 Å². The highest BCUT2D eigenvalue weighted by Crippen LogP contribution is 2.10. The van der Waals surface area contributed by atoms with E-state index in [-0.39, 0.29) is 0 Å². The van der Waals surface area contributed by atoms with Crippen LogP contribution in [0.15, 0.2) is 18.3 Å². The van der Waals surface area contributed by atoms with Gasteiger partial charge in [-0.3, -0.25) is 2.78 Å². The molecule has 0 aliphatic rings. The van der Waals surface area contributed by atoms with Crippen molar-refractivity contribution in [2.75, 3.05) is 0 Å². The quantitative estimate of drug-likeness (QED) is 0.600. The van der Waals surface area contributed by atoms with Crippen molar-refractivity contribution in [3.8, 4) is 0 Å². The van der Waals surface area contributed by atoms with Gasteiger partial charge < -0.3 is 0 Å². The molecule has 0 atom stereocenters. The van der Waals surface area contributed by atoms with E-state index in [4.69, 9.17) is 11.6 Å². The molecule has 0 spiro atoms. The van der Waals surface area contributed by atoms with Crippen molar-refractivity contribution in [2.45, 2.75) is 0 Å². The Balaban J connectivity index is 3.12. The SMILES string of the molecule is Clc1cccn1I. The van der Waals surface area contributed by atoms with Crippen molar-refractivity contribution in [1.82, 2.24) is 2.78 Å². The van der Waals surface area contributed by atoms with Gasteiger partial charge in [-0.15, -0.1) is 0 Å². The van der Waals surface area contributed by atoms with E-state index in [1.165, 1.54) is 0 Å². The van der Waals surface area contributed by atoms with Crippen LogP contribution in [0.5, 0.6) is 0 Å². The van der Waals surface area contributed by atoms with Crippen LogP contribution in [0, 0.1) is 0 Å². The molecule has 1 rings (SSSR count). The number of hydrogen-bond donors (Lipinski definition) is 0. The van der Waals surface area contributed by atoms with Crippen LogP contribution >= 0.6 is 34.5 Å². The summed E-state index contributed by atoms with van der Waals surface area (Å²) in [4.78, 5) is 0. The first-order chi connectivity index (χ1) is 3.30. The van der Waals surface area contributed by atoms with Gasteiger partial charge in [0, 0.05) is 6.20 Å². The predicted octanol–water partition coefficient (Wildman–Crippen LogP) is 2.34. The first-order valence-corrected chi connectivity index (χ1v) is 3.14. The van der Waals surface area contributed by atoms with Gasteiger partial charge in [0.15, 0.2) is 0 Å². The normalized spacial score (nSPS) is 9.43. The zero-order valence-electron chi connectivity index (χ0n) is 3.44. The molecule has 3 heteroatoms. The Morgan fingerprint density at radius 1 is 1.71 bits per heavy atom. The van der Waals surface area contributed by atoms with Crippen LogP contribution in [0.1, 0.15) is 0 Å². The number of nitrogens with zero attached hydrogens (tertiary/aromatic N) is 1. The van der Waals surface area contributed by atoms with Crippen molar-refractivity contribution in [1.29, 1.82) is 0 Å². The highest BCUT2D eigenvalue weighted by molar-refractivity contribution is 14.1. The molecule has 1 aromatic heterocycles. The number of rotatable bonds is 0. The molecule has 0 saturated heterocycles. The molecular weight excluding hydrogens is 224 g/mol. The van der Waals surface area contributed by atoms with Crippen LogP contribution in [0.25, 0.3) is 0 Å². The van der Waals surface area contributed by atoms with E-state index in [1.54, 1.807) is 0 Å². The van der Waals surface area contributed by atoms with Crippen LogP contribution < -0.4 is 0 Å². The van der Waals surface area contributed by atoms with E-state index in [1.807, 2.05) is 21.1 Å². The maximum atomic E-state index is 5.58. The fraction of sp³-hybridized carbons (Fsp3) is 0. The molecule has 0 aromatic carbocycles. The molecule has 1 heterocycles. The Labute approximate surface area is 60.8 Å². The second kappa shape index (κ2) is 2.05. The topological polar surface area (TPSA) is 4.93 Å². The second-order valence-electron chi connectivity index (χ2n) is 1.14. The van der Waals surface area contributed by atoms with Crippen LogP contribution in [0.4, 0.5) is 0 Å². The Kier molecular flexibility index (Phi) is 1.59. The van der Waals surface area contributed by atoms with Crippen LogP contribution in [0.3, 0.4) is 0 Å². The van der Waals surface area contributed by atoms with E-state index in [0.29, 0.717) is 0 Å². The third-order valence-corrected chi connectivity index (χ3v) is 2.09. The van der Waals surface area contributed by atoms with E-state index in [2.05, 4.69) is 22.9 Å². The summed E-state index contributed by atoms with van der Waals surface area (Å²) < 4.78 is 1.82.